The van der Waals surface area contributed by atoms with Crippen molar-refractivity contribution >= 4 is 0 Å². The highest BCUT2D eigenvalue weighted by atomic mass is 16.5. The van der Waals surface area contributed by atoms with Gasteiger partial charge in [0.25, 0.3) is 0 Å². The molecule has 1 aromatic rings. The molecule has 1 aliphatic heterocycles. The molecule has 0 atom stereocenters. The molecular weight excluding hydrogens is 240 g/mol. The number of piperazine rings is 1. The fourth-order valence-corrected chi connectivity index (χ4v) is 2.25. The molecule has 0 spiro atoms. The standard InChI is InChI=1S/C15H24N2O2/c1-2-18-14-6-3-4-7-15(14)19-13-5-10-17-11-8-16-9-12-17/h3-4,6-7,16H,2,5,8-13H2,1H3. The molecule has 1 aliphatic rings. The van der Waals surface area contributed by atoms with Gasteiger partial charge in [-0.3, -0.25) is 0 Å². The number of hydrogen-bond donors (Lipinski definition) is 1. The first-order valence-corrected chi connectivity index (χ1v) is 7.18. The first-order chi connectivity index (χ1) is 9.40. The molecule has 4 nitrogen and oxygen atoms in total. The molecule has 1 fully saturated rings. The molecular formula is C15H24N2O2. The molecule has 1 aromatic carbocycles. The maximum atomic E-state index is 5.81. The van der Waals surface area contributed by atoms with E-state index >= 15 is 0 Å². The third kappa shape index (κ3) is 4.73. The highest BCUT2D eigenvalue weighted by Crippen LogP contribution is 2.26. The Labute approximate surface area is 115 Å². The third-order valence-electron chi connectivity index (χ3n) is 3.23. The van der Waals surface area contributed by atoms with E-state index in [4.69, 9.17) is 9.47 Å². The van der Waals surface area contributed by atoms with Crippen LogP contribution in [0.1, 0.15) is 13.3 Å². The zero-order chi connectivity index (χ0) is 13.3. The van der Waals surface area contributed by atoms with E-state index in [-0.39, 0.29) is 0 Å². The number of para-hydroxylation sites is 2. The van der Waals surface area contributed by atoms with Crippen LogP contribution in [0.2, 0.25) is 0 Å². The summed E-state index contributed by atoms with van der Waals surface area (Å²) in [6, 6.07) is 7.87. The minimum atomic E-state index is 0.668. The molecule has 19 heavy (non-hydrogen) atoms. The minimum Gasteiger partial charge on any atom is -0.490 e. The van der Waals surface area contributed by atoms with Crippen molar-refractivity contribution in [2.75, 3.05) is 45.9 Å². The summed E-state index contributed by atoms with van der Waals surface area (Å²) in [6.45, 7) is 9.02. The lowest BCUT2D eigenvalue weighted by molar-refractivity contribution is 0.210. The Hall–Kier alpha value is -1.26. The van der Waals surface area contributed by atoms with Gasteiger partial charge in [-0.2, -0.15) is 0 Å². The molecule has 4 heteroatoms. The van der Waals surface area contributed by atoms with Gasteiger partial charge in [-0.15, -0.1) is 0 Å². The molecule has 106 valence electrons. The van der Waals surface area contributed by atoms with Crippen molar-refractivity contribution in [3.05, 3.63) is 24.3 Å². The molecule has 2 rings (SSSR count). The molecule has 0 aliphatic carbocycles. The zero-order valence-electron chi connectivity index (χ0n) is 11.7. The van der Waals surface area contributed by atoms with Crippen LogP contribution in [0.25, 0.3) is 0 Å². The van der Waals surface area contributed by atoms with Crippen LogP contribution in [0.5, 0.6) is 11.5 Å². The average Bonchev–Trinajstić information content (AvgIpc) is 2.47. The van der Waals surface area contributed by atoms with Crippen molar-refractivity contribution in [1.29, 1.82) is 0 Å². The largest absolute Gasteiger partial charge is 0.490 e. The topological polar surface area (TPSA) is 33.7 Å². The minimum absolute atomic E-state index is 0.668. The Kier molecular flexibility index (Phi) is 5.98. The van der Waals surface area contributed by atoms with E-state index < -0.39 is 0 Å². The lowest BCUT2D eigenvalue weighted by atomic mass is 10.3. The van der Waals surface area contributed by atoms with Crippen LogP contribution in [-0.4, -0.2) is 50.8 Å². The number of benzene rings is 1. The smallest absolute Gasteiger partial charge is 0.161 e. The maximum Gasteiger partial charge on any atom is 0.161 e. The predicted molar refractivity (Wildman–Crippen MR) is 77.0 cm³/mol. The van der Waals surface area contributed by atoms with Gasteiger partial charge in [-0.25, -0.2) is 0 Å². The molecule has 1 N–H and O–H groups in total. The Morgan fingerprint density at radius 2 is 1.79 bits per heavy atom. The first kappa shape index (κ1) is 14.2. The molecule has 1 saturated heterocycles. The van der Waals surface area contributed by atoms with Gasteiger partial charge in [0.05, 0.1) is 13.2 Å². The number of nitrogens with zero attached hydrogens (tertiary/aromatic N) is 1. The van der Waals surface area contributed by atoms with Crippen molar-refractivity contribution < 1.29 is 9.47 Å². The summed E-state index contributed by atoms with van der Waals surface area (Å²) in [6.07, 6.45) is 1.06. The van der Waals surface area contributed by atoms with Crippen LogP contribution in [0.3, 0.4) is 0 Å². The quantitative estimate of drug-likeness (QED) is 0.761. The fourth-order valence-electron chi connectivity index (χ4n) is 2.25. The van der Waals surface area contributed by atoms with Gasteiger partial charge in [-0.05, 0) is 25.5 Å². The normalized spacial score (nSPS) is 16.3. The van der Waals surface area contributed by atoms with E-state index in [2.05, 4.69) is 10.2 Å². The second kappa shape index (κ2) is 8.02. The Balaban J connectivity index is 1.70. The number of nitrogens with one attached hydrogen (secondary N) is 1. The second-order valence-electron chi connectivity index (χ2n) is 4.67. The van der Waals surface area contributed by atoms with E-state index in [1.165, 1.54) is 0 Å². The summed E-state index contributed by atoms with van der Waals surface area (Å²) < 4.78 is 11.4. The van der Waals surface area contributed by atoms with E-state index in [1.54, 1.807) is 0 Å². The summed E-state index contributed by atoms with van der Waals surface area (Å²) in [5, 5.41) is 3.36. The van der Waals surface area contributed by atoms with E-state index in [0.717, 1.165) is 57.3 Å². The molecule has 0 amide bonds. The Morgan fingerprint density at radius 1 is 1.11 bits per heavy atom. The SMILES string of the molecule is CCOc1ccccc1OCCCN1CCNCC1. The van der Waals surface area contributed by atoms with Crippen LogP contribution in [0.15, 0.2) is 24.3 Å². The first-order valence-electron chi connectivity index (χ1n) is 7.18. The number of hydrogen-bond acceptors (Lipinski definition) is 4. The summed E-state index contributed by atoms with van der Waals surface area (Å²) in [4.78, 5) is 2.48. The second-order valence-corrected chi connectivity index (χ2v) is 4.67. The van der Waals surface area contributed by atoms with Gasteiger partial charge in [0.15, 0.2) is 11.5 Å². The molecule has 0 aromatic heterocycles. The number of rotatable bonds is 7. The summed E-state index contributed by atoms with van der Waals surface area (Å²) in [7, 11) is 0. The summed E-state index contributed by atoms with van der Waals surface area (Å²) >= 11 is 0. The lowest BCUT2D eigenvalue weighted by Gasteiger charge is -2.27. The van der Waals surface area contributed by atoms with Crippen molar-refractivity contribution in [3.8, 4) is 11.5 Å². The highest BCUT2D eigenvalue weighted by Gasteiger charge is 2.09. The maximum absolute atomic E-state index is 5.81. The molecule has 0 bridgehead atoms. The van der Waals surface area contributed by atoms with Gasteiger partial charge >= 0.3 is 0 Å². The molecule has 1 heterocycles. The lowest BCUT2D eigenvalue weighted by Crippen LogP contribution is -2.43. The summed E-state index contributed by atoms with van der Waals surface area (Å²) in [5.41, 5.74) is 0. The van der Waals surface area contributed by atoms with Crippen LogP contribution in [0.4, 0.5) is 0 Å². The van der Waals surface area contributed by atoms with E-state index in [9.17, 15) is 0 Å². The molecule has 0 saturated carbocycles. The summed E-state index contributed by atoms with van der Waals surface area (Å²) in [5.74, 6) is 1.69. The van der Waals surface area contributed by atoms with Crippen LogP contribution in [0, 0.1) is 0 Å². The monoisotopic (exact) mass is 264 g/mol. The van der Waals surface area contributed by atoms with Gasteiger partial charge in [0.1, 0.15) is 0 Å². The van der Waals surface area contributed by atoms with Gasteiger partial charge in [0.2, 0.25) is 0 Å². The van der Waals surface area contributed by atoms with E-state index in [0.29, 0.717) is 6.61 Å². The van der Waals surface area contributed by atoms with Crippen LogP contribution >= 0.6 is 0 Å². The van der Waals surface area contributed by atoms with Crippen LogP contribution < -0.4 is 14.8 Å². The van der Waals surface area contributed by atoms with Gasteiger partial charge in [-0.1, -0.05) is 12.1 Å². The Bertz CT molecular complexity index is 365. The van der Waals surface area contributed by atoms with Gasteiger partial charge in [0, 0.05) is 32.7 Å². The van der Waals surface area contributed by atoms with Crippen LogP contribution in [-0.2, 0) is 0 Å². The number of ether oxygens (including phenoxy) is 2. The molecule has 0 unspecified atom stereocenters. The average molecular weight is 264 g/mol. The van der Waals surface area contributed by atoms with E-state index in [1.807, 2.05) is 31.2 Å². The third-order valence-corrected chi connectivity index (χ3v) is 3.23. The fraction of sp³-hybridized carbons (Fsp3) is 0.600. The van der Waals surface area contributed by atoms with Gasteiger partial charge < -0.3 is 19.7 Å². The van der Waals surface area contributed by atoms with Crippen molar-refractivity contribution in [3.63, 3.8) is 0 Å². The van der Waals surface area contributed by atoms with Crippen molar-refractivity contribution in [1.82, 2.24) is 10.2 Å². The van der Waals surface area contributed by atoms with Crippen molar-refractivity contribution in [2.45, 2.75) is 13.3 Å². The predicted octanol–water partition coefficient (Wildman–Crippen LogP) is 1.76. The Morgan fingerprint density at radius 3 is 2.47 bits per heavy atom. The molecule has 0 radical (unpaired) electrons. The zero-order valence-corrected chi connectivity index (χ0v) is 11.7. The van der Waals surface area contributed by atoms with Crippen molar-refractivity contribution in [2.24, 2.45) is 0 Å². The highest BCUT2D eigenvalue weighted by molar-refractivity contribution is 5.39.